The maximum absolute atomic E-state index is 10.9. The first-order chi connectivity index (χ1) is 6.58. The van der Waals surface area contributed by atoms with Crippen LogP contribution in [0.3, 0.4) is 0 Å². The molecule has 74 valence electrons. The van der Waals surface area contributed by atoms with E-state index in [4.69, 9.17) is 18.0 Å². The van der Waals surface area contributed by atoms with Crippen LogP contribution in [0.25, 0.3) is 0 Å². The van der Waals surface area contributed by atoms with Gasteiger partial charge in [0.1, 0.15) is 0 Å². The first-order valence-electron chi connectivity index (χ1n) is 3.50. The maximum Gasteiger partial charge on any atom is 0.252 e. The second-order valence-corrected chi connectivity index (χ2v) is 3.13. The molecule has 0 aliphatic heterocycles. The number of nitrogens with zero attached hydrogens (tertiary/aromatic N) is 1. The number of nitrogens with one attached hydrogen (secondary N) is 3. The van der Waals surface area contributed by atoms with Gasteiger partial charge in [-0.25, -0.2) is 0 Å². The van der Waals surface area contributed by atoms with Crippen molar-refractivity contribution in [1.82, 2.24) is 15.4 Å². The molecular formula is C6H7N5OS2. The van der Waals surface area contributed by atoms with Gasteiger partial charge >= 0.3 is 0 Å². The van der Waals surface area contributed by atoms with Crippen LogP contribution in [0, 0.1) is 4.77 Å². The van der Waals surface area contributed by atoms with Crippen LogP contribution in [0.1, 0.15) is 5.69 Å². The van der Waals surface area contributed by atoms with Gasteiger partial charge in [-0.05, 0) is 24.4 Å². The molecule has 0 aromatic carbocycles. The number of hydrogen-bond donors (Lipinski definition) is 4. The normalized spacial score (nSPS) is 10.3. The summed E-state index contributed by atoms with van der Waals surface area (Å²) in [7, 11) is 0. The first-order valence-corrected chi connectivity index (χ1v) is 4.32. The molecule has 5 N–H and O–H groups in total. The van der Waals surface area contributed by atoms with Gasteiger partial charge in [0.15, 0.2) is 9.88 Å². The number of hydrogen-bond acceptors (Lipinski definition) is 4. The van der Waals surface area contributed by atoms with Crippen LogP contribution in [0.2, 0.25) is 0 Å². The molecule has 1 aromatic heterocycles. The van der Waals surface area contributed by atoms with E-state index in [1.54, 1.807) is 0 Å². The fourth-order valence-corrected chi connectivity index (χ4v) is 0.994. The minimum Gasteiger partial charge on any atom is -0.375 e. The Bertz CT molecular complexity index is 445. The number of thiocarbonyl (C=S) groups is 1. The van der Waals surface area contributed by atoms with Crippen molar-refractivity contribution >= 4 is 35.8 Å². The van der Waals surface area contributed by atoms with E-state index in [0.717, 1.165) is 0 Å². The number of aromatic nitrogens is 2. The van der Waals surface area contributed by atoms with Crippen LogP contribution < -0.4 is 16.7 Å². The quantitative estimate of drug-likeness (QED) is 0.314. The smallest absolute Gasteiger partial charge is 0.252 e. The molecule has 1 aromatic rings. The zero-order valence-electron chi connectivity index (χ0n) is 6.90. The second kappa shape index (κ2) is 4.63. The number of rotatable bonds is 2. The molecule has 0 saturated carbocycles. The van der Waals surface area contributed by atoms with Crippen LogP contribution in [0.5, 0.6) is 0 Å². The summed E-state index contributed by atoms with van der Waals surface area (Å²) >= 11 is 9.26. The topological polar surface area (TPSA) is 99.1 Å². The largest absolute Gasteiger partial charge is 0.375 e. The maximum atomic E-state index is 10.9. The lowest BCUT2D eigenvalue weighted by Crippen LogP contribution is -2.24. The van der Waals surface area contributed by atoms with Crippen LogP contribution in [0.4, 0.5) is 0 Å². The van der Waals surface area contributed by atoms with Crippen LogP contribution in [-0.4, -0.2) is 21.3 Å². The Morgan fingerprint density at radius 3 is 2.93 bits per heavy atom. The van der Waals surface area contributed by atoms with Crippen molar-refractivity contribution in [3.8, 4) is 0 Å². The van der Waals surface area contributed by atoms with Crippen molar-refractivity contribution in [2.75, 3.05) is 0 Å². The Hall–Kier alpha value is -1.54. The third kappa shape index (κ3) is 3.46. The summed E-state index contributed by atoms with van der Waals surface area (Å²) < 4.78 is 0.231. The van der Waals surface area contributed by atoms with Gasteiger partial charge in [0.25, 0.3) is 5.56 Å². The third-order valence-electron chi connectivity index (χ3n) is 1.16. The Kier molecular flexibility index (Phi) is 3.48. The van der Waals surface area contributed by atoms with Crippen LogP contribution >= 0.6 is 24.4 Å². The van der Waals surface area contributed by atoms with E-state index in [-0.39, 0.29) is 15.4 Å². The lowest BCUT2D eigenvalue weighted by Gasteiger charge is -1.94. The highest BCUT2D eigenvalue weighted by atomic mass is 32.1. The van der Waals surface area contributed by atoms with Gasteiger partial charge in [0.05, 0.1) is 11.9 Å². The van der Waals surface area contributed by atoms with Gasteiger partial charge in [-0.3, -0.25) is 15.2 Å². The van der Waals surface area contributed by atoms with Crippen molar-refractivity contribution in [3.63, 3.8) is 0 Å². The predicted molar refractivity (Wildman–Crippen MR) is 59.8 cm³/mol. The molecule has 1 heterocycles. The molecule has 1 rings (SSSR count). The molecule has 0 unspecified atom stereocenters. The molecule has 0 bridgehead atoms. The van der Waals surface area contributed by atoms with E-state index in [1.165, 1.54) is 12.3 Å². The number of nitrogens with two attached hydrogens (primary N) is 1. The summed E-state index contributed by atoms with van der Waals surface area (Å²) in [4.78, 5) is 16.0. The van der Waals surface area contributed by atoms with Gasteiger partial charge in [-0.15, -0.1) is 0 Å². The predicted octanol–water partition coefficient (Wildman–Crippen LogP) is -0.400. The molecule has 0 atom stereocenters. The molecule has 0 radical (unpaired) electrons. The highest BCUT2D eigenvalue weighted by molar-refractivity contribution is 7.80. The van der Waals surface area contributed by atoms with Gasteiger partial charge in [-0.2, -0.15) is 5.10 Å². The third-order valence-corrected chi connectivity index (χ3v) is 1.45. The first kappa shape index (κ1) is 10.5. The molecule has 0 aliphatic carbocycles. The molecule has 14 heavy (non-hydrogen) atoms. The van der Waals surface area contributed by atoms with Gasteiger partial charge in [0.2, 0.25) is 0 Å². The van der Waals surface area contributed by atoms with Crippen molar-refractivity contribution in [3.05, 3.63) is 26.9 Å². The van der Waals surface area contributed by atoms with Crippen molar-refractivity contribution < 1.29 is 0 Å². The van der Waals surface area contributed by atoms with Gasteiger partial charge in [0, 0.05) is 6.07 Å². The minimum absolute atomic E-state index is 0.0460. The van der Waals surface area contributed by atoms with Crippen molar-refractivity contribution in [1.29, 1.82) is 0 Å². The molecule has 0 amide bonds. The standard InChI is InChI=1S/C6H7N5OS2/c7-5(13)11-8-2-3-1-4(12)10-6(14)9-3/h1-2H,(H3,7,11,13)(H2,9,10,12,14)/b8-2+. The Balaban J connectivity index is 2.87. The lowest BCUT2D eigenvalue weighted by atomic mass is 10.4. The zero-order valence-corrected chi connectivity index (χ0v) is 8.54. The Morgan fingerprint density at radius 1 is 1.64 bits per heavy atom. The number of aromatic amines is 2. The number of H-pyrrole nitrogens is 2. The van der Waals surface area contributed by atoms with E-state index in [1.807, 2.05) is 0 Å². The summed E-state index contributed by atoms with van der Waals surface area (Å²) in [6.07, 6.45) is 1.35. The SMILES string of the molecule is NC(=S)N/N=C/c1cc(=O)[nH]c(=S)[nH]1. The van der Waals surface area contributed by atoms with Gasteiger partial charge < -0.3 is 10.7 Å². The van der Waals surface area contributed by atoms with Crippen LogP contribution in [0.15, 0.2) is 16.0 Å². The molecule has 6 nitrogen and oxygen atoms in total. The fourth-order valence-electron chi connectivity index (χ4n) is 0.723. The zero-order chi connectivity index (χ0) is 10.6. The molecular weight excluding hydrogens is 222 g/mol. The summed E-state index contributed by atoms with van der Waals surface area (Å²) in [5, 5.41) is 3.70. The summed E-state index contributed by atoms with van der Waals surface area (Å²) in [6.45, 7) is 0. The summed E-state index contributed by atoms with van der Waals surface area (Å²) in [6, 6.07) is 1.31. The van der Waals surface area contributed by atoms with E-state index < -0.39 is 0 Å². The fraction of sp³-hybridized carbons (Fsp3) is 0. The molecule has 0 saturated heterocycles. The average Bonchev–Trinajstić information content (AvgIpc) is 2.01. The monoisotopic (exact) mass is 229 g/mol. The second-order valence-electron chi connectivity index (χ2n) is 2.28. The molecule has 0 spiro atoms. The van der Waals surface area contributed by atoms with Crippen molar-refractivity contribution in [2.45, 2.75) is 0 Å². The van der Waals surface area contributed by atoms with Crippen LogP contribution in [-0.2, 0) is 0 Å². The summed E-state index contributed by atoms with van der Waals surface area (Å²) in [5.74, 6) is 0. The molecule has 0 fully saturated rings. The lowest BCUT2D eigenvalue weighted by molar-refractivity contribution is 1.03. The van der Waals surface area contributed by atoms with E-state index in [0.29, 0.717) is 5.69 Å². The van der Waals surface area contributed by atoms with E-state index >= 15 is 0 Å². The van der Waals surface area contributed by atoms with Crippen molar-refractivity contribution in [2.24, 2.45) is 10.8 Å². The molecule has 8 heteroatoms. The van der Waals surface area contributed by atoms with E-state index in [2.05, 4.69) is 32.7 Å². The molecule has 0 aliphatic rings. The van der Waals surface area contributed by atoms with Gasteiger partial charge in [-0.1, -0.05) is 0 Å². The Morgan fingerprint density at radius 2 is 2.36 bits per heavy atom. The number of hydrazone groups is 1. The summed E-state index contributed by atoms with van der Waals surface area (Å²) in [5.41, 5.74) is 7.63. The minimum atomic E-state index is -0.300. The highest BCUT2D eigenvalue weighted by Crippen LogP contribution is 1.82. The highest BCUT2D eigenvalue weighted by Gasteiger charge is 1.90. The van der Waals surface area contributed by atoms with E-state index in [9.17, 15) is 4.79 Å². The average molecular weight is 229 g/mol. The Labute approximate surface area is 89.2 Å².